The number of rotatable bonds is 3. The molecule has 3 aromatic rings. The van der Waals surface area contributed by atoms with Gasteiger partial charge < -0.3 is 0 Å². The quantitative estimate of drug-likeness (QED) is 0.553. The van der Waals surface area contributed by atoms with Gasteiger partial charge in [-0.25, -0.2) is 0 Å². The Morgan fingerprint density at radius 3 is 1.93 bits per heavy atom. The highest BCUT2D eigenvalue weighted by molar-refractivity contribution is 6.09. The Balaban J connectivity index is 1.40. The molecule has 0 radical (unpaired) electrons. The number of hydrogen-bond donors (Lipinski definition) is 0. The van der Waals surface area contributed by atoms with Crippen molar-refractivity contribution in [2.75, 3.05) is 0 Å². The van der Waals surface area contributed by atoms with Gasteiger partial charge in [-0.05, 0) is 97.9 Å². The van der Waals surface area contributed by atoms with Crippen LogP contribution in [0.3, 0.4) is 0 Å². The Bertz CT molecular complexity index is 1030. The van der Waals surface area contributed by atoms with Gasteiger partial charge in [0.05, 0.1) is 5.69 Å². The van der Waals surface area contributed by atoms with E-state index in [2.05, 4.69) is 35.3 Å². The van der Waals surface area contributed by atoms with Crippen molar-refractivity contribution < 1.29 is 4.79 Å². The van der Waals surface area contributed by atoms with Crippen molar-refractivity contribution in [3.8, 4) is 11.3 Å². The first kappa shape index (κ1) is 17.4. The Kier molecular flexibility index (Phi) is 4.56. The number of aromatic nitrogens is 1. The summed E-state index contributed by atoms with van der Waals surface area (Å²) in [5.41, 5.74) is 9.22. The molecule has 0 bridgehead atoms. The van der Waals surface area contributed by atoms with Crippen molar-refractivity contribution in [1.29, 1.82) is 0 Å². The fourth-order valence-corrected chi connectivity index (χ4v) is 4.63. The highest BCUT2D eigenvalue weighted by Crippen LogP contribution is 2.27. The second kappa shape index (κ2) is 7.35. The van der Waals surface area contributed by atoms with Crippen LogP contribution in [-0.2, 0) is 25.7 Å². The van der Waals surface area contributed by atoms with Crippen LogP contribution in [0.2, 0.25) is 0 Å². The standard InChI is InChI=1S/C26H25NO/c28-26(23-12-10-19-6-2-4-8-21(19)16-23)24-13-14-25(27-17-24)22-11-9-18-5-1-3-7-20(18)15-22/h9-17H,1-8H2. The first-order valence-corrected chi connectivity index (χ1v) is 10.5. The number of aryl methyl sites for hydroxylation is 4. The van der Waals surface area contributed by atoms with Crippen LogP contribution in [0.5, 0.6) is 0 Å². The molecule has 28 heavy (non-hydrogen) atoms. The average molecular weight is 367 g/mol. The number of fused-ring (bicyclic) bond motifs is 2. The largest absolute Gasteiger partial charge is 0.289 e. The highest BCUT2D eigenvalue weighted by Gasteiger charge is 2.15. The first-order valence-electron chi connectivity index (χ1n) is 10.5. The molecule has 2 heteroatoms. The zero-order valence-electron chi connectivity index (χ0n) is 16.2. The lowest BCUT2D eigenvalue weighted by Crippen LogP contribution is -2.07. The topological polar surface area (TPSA) is 30.0 Å². The van der Waals surface area contributed by atoms with Gasteiger partial charge in [-0.2, -0.15) is 0 Å². The molecule has 1 aromatic heterocycles. The van der Waals surface area contributed by atoms with Crippen molar-refractivity contribution in [3.05, 3.63) is 88.1 Å². The minimum atomic E-state index is 0.0675. The van der Waals surface area contributed by atoms with Crippen molar-refractivity contribution in [2.24, 2.45) is 0 Å². The van der Waals surface area contributed by atoms with Crippen LogP contribution in [0.1, 0.15) is 63.9 Å². The molecule has 0 amide bonds. The summed E-state index contributed by atoms with van der Waals surface area (Å²) in [4.78, 5) is 17.5. The predicted molar refractivity (Wildman–Crippen MR) is 113 cm³/mol. The summed E-state index contributed by atoms with van der Waals surface area (Å²) in [6.07, 6.45) is 11.4. The summed E-state index contributed by atoms with van der Waals surface area (Å²) in [7, 11) is 0. The smallest absolute Gasteiger partial charge is 0.194 e. The van der Waals surface area contributed by atoms with E-state index in [9.17, 15) is 4.79 Å². The van der Waals surface area contributed by atoms with E-state index in [0.29, 0.717) is 5.56 Å². The molecule has 1 heterocycles. The number of hydrogen-bond acceptors (Lipinski definition) is 2. The monoisotopic (exact) mass is 367 g/mol. The third-order valence-electron chi connectivity index (χ3n) is 6.28. The molecule has 0 unspecified atom stereocenters. The zero-order chi connectivity index (χ0) is 18.9. The number of pyridine rings is 1. The van der Waals surface area contributed by atoms with E-state index in [1.54, 1.807) is 6.20 Å². The maximum Gasteiger partial charge on any atom is 0.194 e. The fourth-order valence-electron chi connectivity index (χ4n) is 4.63. The summed E-state index contributed by atoms with van der Waals surface area (Å²) in [5.74, 6) is 0.0675. The van der Waals surface area contributed by atoms with E-state index in [-0.39, 0.29) is 5.78 Å². The second-order valence-electron chi connectivity index (χ2n) is 8.14. The second-order valence-corrected chi connectivity index (χ2v) is 8.14. The van der Waals surface area contributed by atoms with Crippen LogP contribution < -0.4 is 0 Å². The lowest BCUT2D eigenvalue weighted by molar-refractivity contribution is 0.103. The van der Waals surface area contributed by atoms with Crippen LogP contribution in [0.15, 0.2) is 54.7 Å². The van der Waals surface area contributed by atoms with Gasteiger partial charge in [0.25, 0.3) is 0 Å². The van der Waals surface area contributed by atoms with Gasteiger partial charge in [0.15, 0.2) is 5.78 Å². The maximum atomic E-state index is 12.9. The number of carbonyl (C=O) groups excluding carboxylic acids is 1. The summed E-state index contributed by atoms with van der Waals surface area (Å²) in [6, 6.07) is 16.8. The lowest BCUT2D eigenvalue weighted by atomic mass is 9.89. The molecule has 2 aliphatic carbocycles. The van der Waals surface area contributed by atoms with Crippen LogP contribution in [-0.4, -0.2) is 10.8 Å². The summed E-state index contributed by atoms with van der Waals surface area (Å²) < 4.78 is 0. The highest BCUT2D eigenvalue weighted by atomic mass is 16.1. The molecule has 0 saturated carbocycles. The maximum absolute atomic E-state index is 12.9. The van der Waals surface area contributed by atoms with E-state index in [4.69, 9.17) is 0 Å². The molecule has 2 nitrogen and oxygen atoms in total. The molecule has 0 fully saturated rings. The zero-order valence-corrected chi connectivity index (χ0v) is 16.2. The minimum absolute atomic E-state index is 0.0675. The van der Waals surface area contributed by atoms with Gasteiger partial charge in [-0.1, -0.05) is 24.3 Å². The molecule has 0 saturated heterocycles. The van der Waals surface area contributed by atoms with Crippen molar-refractivity contribution >= 4 is 5.78 Å². The molecule has 0 atom stereocenters. The molecular weight excluding hydrogens is 342 g/mol. The van der Waals surface area contributed by atoms with Gasteiger partial charge in [-0.15, -0.1) is 0 Å². The third-order valence-corrected chi connectivity index (χ3v) is 6.28. The molecule has 5 rings (SSSR count). The lowest BCUT2D eigenvalue weighted by Gasteiger charge is -2.17. The van der Waals surface area contributed by atoms with Crippen LogP contribution in [0.25, 0.3) is 11.3 Å². The molecule has 0 aliphatic heterocycles. The molecular formula is C26H25NO. The van der Waals surface area contributed by atoms with Crippen molar-refractivity contribution in [2.45, 2.75) is 51.4 Å². The van der Waals surface area contributed by atoms with E-state index in [1.807, 2.05) is 18.2 Å². The molecule has 2 aliphatic rings. The van der Waals surface area contributed by atoms with Gasteiger partial charge in [-0.3, -0.25) is 9.78 Å². The van der Waals surface area contributed by atoms with Crippen LogP contribution >= 0.6 is 0 Å². The summed E-state index contributed by atoms with van der Waals surface area (Å²) >= 11 is 0. The Labute approximate surface area is 166 Å². The first-order chi connectivity index (χ1) is 13.8. The van der Waals surface area contributed by atoms with E-state index in [1.165, 1.54) is 54.4 Å². The van der Waals surface area contributed by atoms with E-state index in [0.717, 1.165) is 36.1 Å². The summed E-state index contributed by atoms with van der Waals surface area (Å²) in [5, 5.41) is 0. The molecule has 0 spiro atoms. The number of nitrogens with zero attached hydrogens (tertiary/aromatic N) is 1. The molecule has 2 aromatic carbocycles. The van der Waals surface area contributed by atoms with Crippen molar-refractivity contribution in [1.82, 2.24) is 4.98 Å². The predicted octanol–water partition coefficient (Wildman–Crippen LogP) is 5.74. The van der Waals surface area contributed by atoms with E-state index >= 15 is 0 Å². The van der Waals surface area contributed by atoms with E-state index < -0.39 is 0 Å². The van der Waals surface area contributed by atoms with Gasteiger partial charge in [0.2, 0.25) is 0 Å². The number of ketones is 1. The van der Waals surface area contributed by atoms with Gasteiger partial charge in [0, 0.05) is 22.9 Å². The Morgan fingerprint density at radius 1 is 0.643 bits per heavy atom. The number of benzene rings is 2. The molecule has 0 N–H and O–H groups in total. The normalized spacial score (nSPS) is 15.6. The van der Waals surface area contributed by atoms with Crippen molar-refractivity contribution in [3.63, 3.8) is 0 Å². The van der Waals surface area contributed by atoms with Crippen LogP contribution in [0, 0.1) is 0 Å². The fraction of sp³-hybridized carbons (Fsp3) is 0.308. The Morgan fingerprint density at radius 2 is 1.25 bits per heavy atom. The summed E-state index contributed by atoms with van der Waals surface area (Å²) in [6.45, 7) is 0. The molecule has 140 valence electrons. The SMILES string of the molecule is O=C(c1ccc(-c2ccc3c(c2)CCCC3)nc1)c1ccc2c(c1)CCCC2. The van der Waals surface area contributed by atoms with Gasteiger partial charge >= 0.3 is 0 Å². The minimum Gasteiger partial charge on any atom is -0.289 e. The number of carbonyl (C=O) groups is 1. The third kappa shape index (κ3) is 3.28. The van der Waals surface area contributed by atoms with Gasteiger partial charge in [0.1, 0.15) is 0 Å². The van der Waals surface area contributed by atoms with Crippen LogP contribution in [0.4, 0.5) is 0 Å². The average Bonchev–Trinajstić information content (AvgIpc) is 2.78. The Hall–Kier alpha value is -2.74.